The average Bonchev–Trinajstić information content (AvgIpc) is 3.53. The molecule has 2 aromatic heterocycles. The Morgan fingerprint density at radius 2 is 1.82 bits per heavy atom. The lowest BCUT2D eigenvalue weighted by molar-refractivity contribution is -0.149. The molecule has 14 heteroatoms. The first kappa shape index (κ1) is 31.0. The lowest BCUT2D eigenvalue weighted by Gasteiger charge is -2.27. The van der Waals surface area contributed by atoms with Crippen molar-refractivity contribution in [3.63, 3.8) is 0 Å². The first-order valence-corrected chi connectivity index (χ1v) is 15.4. The molecule has 44 heavy (non-hydrogen) atoms. The summed E-state index contributed by atoms with van der Waals surface area (Å²) in [6, 6.07) is 19.5. The summed E-state index contributed by atoms with van der Waals surface area (Å²) in [5, 5.41) is 29.0. The topological polar surface area (TPSA) is 180 Å². The number of hydrogen-bond acceptors (Lipinski definition) is 11. The van der Waals surface area contributed by atoms with Gasteiger partial charge in [-0.05, 0) is 57.0 Å². The van der Waals surface area contributed by atoms with Crippen LogP contribution >= 0.6 is 7.75 Å². The van der Waals surface area contributed by atoms with Gasteiger partial charge in [-0.25, -0.2) is 14.1 Å². The van der Waals surface area contributed by atoms with Crippen molar-refractivity contribution >= 4 is 25.1 Å². The average molecular weight is 624 g/mol. The summed E-state index contributed by atoms with van der Waals surface area (Å²) >= 11 is 0. The number of aliphatic hydroxyl groups is 2. The lowest BCUT2D eigenvalue weighted by Crippen LogP contribution is -2.40. The molecule has 0 saturated carbocycles. The van der Waals surface area contributed by atoms with Crippen molar-refractivity contribution in [3.05, 3.63) is 102 Å². The smallest absolute Gasteiger partial charge is 0.477 e. The van der Waals surface area contributed by atoms with Crippen molar-refractivity contribution in [1.82, 2.24) is 19.7 Å². The van der Waals surface area contributed by atoms with Gasteiger partial charge in [0.15, 0.2) is 17.2 Å². The van der Waals surface area contributed by atoms with E-state index >= 15 is 0 Å². The van der Waals surface area contributed by atoms with E-state index in [2.05, 4.69) is 15.2 Å². The van der Waals surface area contributed by atoms with E-state index in [0.717, 1.165) is 11.8 Å². The maximum absolute atomic E-state index is 14.3. The number of aliphatic hydroxyl groups excluding tert-OH is 2. The van der Waals surface area contributed by atoms with Crippen molar-refractivity contribution < 1.29 is 38.1 Å². The molecule has 5 atom stereocenters. The standard InChI is InChI=1S/C30H34N5O8P/c1-19(2)41-29(38)22(16-20-10-6-4-7-11-20)34-44(39,43-21-12-8-5-9-13-21)40-17-24-26(36)27(37)30(3,42-24)25-15-14-23-28(31)32-18-33-35(23)25/h4-15,17-19,22,26-27,36-37H,16H2,1-3H3,(H,34,39)(H2,31,32,33)/b24-17+/t22-,26+,27+,30-,44?/m0/s1. The van der Waals surface area contributed by atoms with Gasteiger partial charge in [-0.2, -0.15) is 10.2 Å². The van der Waals surface area contributed by atoms with E-state index in [1.54, 1.807) is 63.2 Å². The van der Waals surface area contributed by atoms with Gasteiger partial charge < -0.3 is 34.5 Å². The van der Waals surface area contributed by atoms with Crippen LogP contribution in [0.2, 0.25) is 0 Å². The fraction of sp³-hybridized carbons (Fsp3) is 0.300. The Bertz CT molecular complexity index is 1680. The van der Waals surface area contributed by atoms with E-state index in [9.17, 15) is 19.6 Å². The number of fused-ring (bicyclic) bond motifs is 1. The largest absolute Gasteiger partial charge is 0.513 e. The number of anilines is 1. The molecule has 1 aliphatic rings. The lowest BCUT2D eigenvalue weighted by atomic mass is 9.94. The molecule has 0 aliphatic carbocycles. The second-order valence-corrected chi connectivity index (χ2v) is 12.3. The van der Waals surface area contributed by atoms with E-state index in [1.807, 2.05) is 30.3 Å². The number of carbonyl (C=O) groups is 1. The van der Waals surface area contributed by atoms with Gasteiger partial charge in [0.05, 0.1) is 11.8 Å². The third-order valence-electron chi connectivity index (χ3n) is 6.98. The van der Waals surface area contributed by atoms with Gasteiger partial charge in [-0.3, -0.25) is 4.79 Å². The number of ether oxygens (including phenoxy) is 2. The third-order valence-corrected chi connectivity index (χ3v) is 8.45. The minimum absolute atomic E-state index is 0.108. The molecule has 232 valence electrons. The van der Waals surface area contributed by atoms with Crippen LogP contribution in [0.15, 0.2) is 91.1 Å². The number of nitrogens with one attached hydrogen (secondary N) is 1. The number of aromatic nitrogens is 3. The molecule has 0 amide bonds. The second-order valence-electron chi connectivity index (χ2n) is 10.6. The fourth-order valence-electron chi connectivity index (χ4n) is 4.81. The second kappa shape index (κ2) is 12.7. The molecule has 1 saturated heterocycles. The van der Waals surface area contributed by atoms with Gasteiger partial charge >= 0.3 is 13.7 Å². The number of nitrogen functional groups attached to an aromatic ring is 1. The zero-order valence-corrected chi connectivity index (χ0v) is 25.2. The van der Waals surface area contributed by atoms with E-state index < -0.39 is 43.7 Å². The summed E-state index contributed by atoms with van der Waals surface area (Å²) in [7, 11) is -4.42. The summed E-state index contributed by atoms with van der Waals surface area (Å²) < 4.78 is 38.6. The van der Waals surface area contributed by atoms with Crippen LogP contribution in [-0.2, 0) is 35.4 Å². The Morgan fingerprint density at radius 3 is 2.50 bits per heavy atom. The van der Waals surface area contributed by atoms with Crippen LogP contribution in [-0.4, -0.2) is 55.1 Å². The predicted octanol–water partition coefficient (Wildman–Crippen LogP) is 3.48. The minimum atomic E-state index is -4.42. The number of nitrogens with two attached hydrogens (primary N) is 1. The molecule has 1 fully saturated rings. The molecule has 13 nitrogen and oxygen atoms in total. The van der Waals surface area contributed by atoms with Gasteiger partial charge in [0.1, 0.15) is 42.1 Å². The monoisotopic (exact) mass is 623 g/mol. The Balaban J connectivity index is 1.46. The van der Waals surface area contributed by atoms with Gasteiger partial charge in [0, 0.05) is 0 Å². The number of para-hydroxylation sites is 1. The van der Waals surface area contributed by atoms with Crippen LogP contribution in [0.25, 0.3) is 5.52 Å². The fourth-order valence-corrected chi connectivity index (χ4v) is 6.18. The Labute approximate surface area is 253 Å². The molecule has 2 aromatic carbocycles. The van der Waals surface area contributed by atoms with Crippen molar-refractivity contribution in [2.45, 2.75) is 57.1 Å². The highest BCUT2D eigenvalue weighted by Crippen LogP contribution is 2.48. The molecule has 0 radical (unpaired) electrons. The Hall–Kier alpha value is -4.42. The number of carbonyl (C=O) groups excluding carboxylic acids is 1. The zero-order valence-electron chi connectivity index (χ0n) is 24.3. The van der Waals surface area contributed by atoms with Crippen molar-refractivity contribution in [2.24, 2.45) is 0 Å². The summed E-state index contributed by atoms with van der Waals surface area (Å²) in [5.41, 5.74) is 6.06. The molecule has 1 aliphatic heterocycles. The SMILES string of the molecule is CC(C)OC(=O)[C@H](Cc1ccccc1)NP(=O)(O/C=C1/O[C@@](C)(c2ccc3c(N)ncnn23)[C@H](O)[C@@H]1O)Oc1ccccc1. The highest BCUT2D eigenvalue weighted by Gasteiger charge is 2.53. The Morgan fingerprint density at radius 1 is 1.14 bits per heavy atom. The number of esters is 1. The Kier molecular flexibility index (Phi) is 8.93. The minimum Gasteiger partial charge on any atom is -0.477 e. The van der Waals surface area contributed by atoms with Crippen LogP contribution in [0.4, 0.5) is 5.82 Å². The maximum atomic E-state index is 14.3. The molecule has 3 heterocycles. The number of rotatable bonds is 11. The highest BCUT2D eigenvalue weighted by molar-refractivity contribution is 7.52. The molecule has 0 spiro atoms. The van der Waals surface area contributed by atoms with Crippen molar-refractivity contribution in [2.75, 3.05) is 5.73 Å². The molecule has 5 rings (SSSR count). The molecule has 1 unspecified atom stereocenters. The van der Waals surface area contributed by atoms with Gasteiger partial charge in [0.2, 0.25) is 0 Å². The van der Waals surface area contributed by atoms with Crippen LogP contribution < -0.4 is 15.3 Å². The molecule has 0 bridgehead atoms. The van der Waals surface area contributed by atoms with E-state index in [0.29, 0.717) is 11.2 Å². The van der Waals surface area contributed by atoms with Crippen molar-refractivity contribution in [3.8, 4) is 5.75 Å². The van der Waals surface area contributed by atoms with Gasteiger partial charge in [-0.1, -0.05) is 48.5 Å². The highest BCUT2D eigenvalue weighted by atomic mass is 31.2. The van der Waals surface area contributed by atoms with Crippen LogP contribution in [0.1, 0.15) is 32.0 Å². The number of benzene rings is 2. The quantitative estimate of drug-likeness (QED) is 0.109. The first-order valence-electron chi connectivity index (χ1n) is 13.9. The summed E-state index contributed by atoms with van der Waals surface area (Å²) in [6.07, 6.45) is -1.24. The van der Waals surface area contributed by atoms with Crippen LogP contribution in [0.3, 0.4) is 0 Å². The van der Waals surface area contributed by atoms with Crippen molar-refractivity contribution in [1.29, 1.82) is 0 Å². The van der Waals surface area contributed by atoms with Crippen LogP contribution in [0, 0.1) is 0 Å². The van der Waals surface area contributed by atoms with E-state index in [1.165, 1.54) is 10.8 Å². The van der Waals surface area contributed by atoms with Crippen LogP contribution in [0.5, 0.6) is 5.75 Å². The summed E-state index contributed by atoms with van der Waals surface area (Å²) in [4.78, 5) is 17.1. The van der Waals surface area contributed by atoms with E-state index in [-0.39, 0.29) is 23.7 Å². The number of nitrogens with zero attached hydrogens (tertiary/aromatic N) is 3. The zero-order chi connectivity index (χ0) is 31.5. The van der Waals surface area contributed by atoms with E-state index in [4.69, 9.17) is 24.3 Å². The maximum Gasteiger partial charge on any atom is 0.513 e. The summed E-state index contributed by atoms with van der Waals surface area (Å²) in [5.74, 6) is -0.501. The summed E-state index contributed by atoms with van der Waals surface area (Å²) in [6.45, 7) is 4.96. The molecular formula is C30H34N5O8P. The third kappa shape index (κ3) is 6.56. The molecular weight excluding hydrogens is 589 g/mol. The first-order chi connectivity index (χ1) is 21.0. The van der Waals surface area contributed by atoms with Gasteiger partial charge in [-0.15, -0.1) is 0 Å². The molecule has 4 aromatic rings. The van der Waals surface area contributed by atoms with Gasteiger partial charge in [0.25, 0.3) is 0 Å². The predicted molar refractivity (Wildman–Crippen MR) is 160 cm³/mol. The molecule has 5 N–H and O–H groups in total. The number of hydrogen-bond donors (Lipinski definition) is 4. The normalized spacial score (nSPS) is 22.8.